The molecule has 0 bridgehead atoms. The number of allylic oxidation sites excluding steroid dienone is 1. The van der Waals surface area contributed by atoms with E-state index in [0.29, 0.717) is 11.9 Å². The Balaban J connectivity index is 3.40. The van der Waals surface area contributed by atoms with Crippen LogP contribution < -0.4 is 5.73 Å². The van der Waals surface area contributed by atoms with Crippen LogP contribution in [0.2, 0.25) is 0 Å². The average Bonchev–Trinajstić information content (AvgIpc) is 2.45. The highest BCUT2D eigenvalue weighted by molar-refractivity contribution is 5.85. The Kier molecular flexibility index (Phi) is 6.24. The summed E-state index contributed by atoms with van der Waals surface area (Å²) in [5.74, 6) is 1.53. The molecule has 0 aromatic heterocycles. The van der Waals surface area contributed by atoms with Crippen molar-refractivity contribution in [1.82, 2.24) is 9.80 Å². The summed E-state index contributed by atoms with van der Waals surface area (Å²) in [5, 5.41) is 0. The lowest BCUT2D eigenvalue weighted by molar-refractivity contribution is -0.136. The number of carbonyl (C=O) groups excluding carboxylic acids is 1. The van der Waals surface area contributed by atoms with Gasteiger partial charge in [0.25, 0.3) is 0 Å². The van der Waals surface area contributed by atoms with Gasteiger partial charge in [0.05, 0.1) is 11.5 Å². The predicted molar refractivity (Wildman–Crippen MR) is 87.7 cm³/mol. The number of amidine groups is 1. The fourth-order valence-corrected chi connectivity index (χ4v) is 2.97. The summed E-state index contributed by atoms with van der Waals surface area (Å²) in [5.41, 5.74) is 6.69. The van der Waals surface area contributed by atoms with Gasteiger partial charge in [0.15, 0.2) is 5.82 Å². The number of carbonyl (C=O) groups is 1. The highest BCUT2D eigenvalue weighted by Crippen LogP contribution is 2.31. The molecule has 0 aromatic rings. The van der Waals surface area contributed by atoms with Crippen molar-refractivity contribution < 1.29 is 4.79 Å². The third-order valence-corrected chi connectivity index (χ3v) is 4.18. The molecule has 0 fully saturated rings. The van der Waals surface area contributed by atoms with Gasteiger partial charge in [-0.1, -0.05) is 27.2 Å². The molecular weight excluding hydrogens is 264 g/mol. The number of amides is 1. The van der Waals surface area contributed by atoms with Gasteiger partial charge in [-0.2, -0.15) is 0 Å². The minimum Gasteiger partial charge on any atom is -0.387 e. The van der Waals surface area contributed by atoms with Gasteiger partial charge in [0, 0.05) is 13.1 Å². The normalized spacial score (nSPS) is 22.1. The number of nitrogens with two attached hydrogens (primary N) is 1. The van der Waals surface area contributed by atoms with Crippen LogP contribution in [0.1, 0.15) is 60.3 Å². The van der Waals surface area contributed by atoms with Crippen LogP contribution in [-0.2, 0) is 4.79 Å². The Bertz CT molecular complexity index is 438. The van der Waals surface area contributed by atoms with Crippen molar-refractivity contribution in [3.05, 3.63) is 11.5 Å². The maximum Gasteiger partial charge on any atom is 0.249 e. The smallest absolute Gasteiger partial charge is 0.249 e. The fraction of sp³-hybridized carbons (Fsp3) is 0.750. The molecule has 2 unspecified atom stereocenters. The molecule has 5 heteroatoms. The van der Waals surface area contributed by atoms with Crippen LogP contribution in [0.25, 0.3) is 0 Å². The van der Waals surface area contributed by atoms with Gasteiger partial charge in [-0.3, -0.25) is 4.79 Å². The summed E-state index contributed by atoms with van der Waals surface area (Å²) in [6.07, 6.45) is 3.92. The Morgan fingerprint density at radius 3 is 2.43 bits per heavy atom. The first-order valence-corrected chi connectivity index (χ1v) is 7.96. The maximum absolute atomic E-state index is 12.6. The summed E-state index contributed by atoms with van der Waals surface area (Å²) < 4.78 is 0. The molecule has 2 atom stereocenters. The predicted octanol–water partition coefficient (Wildman–Crippen LogP) is 2.68. The van der Waals surface area contributed by atoms with Crippen LogP contribution in [0, 0.1) is 0 Å². The molecule has 1 aliphatic rings. The first-order valence-electron chi connectivity index (χ1n) is 7.96. The molecule has 0 radical (unpaired) electrons. The highest BCUT2D eigenvalue weighted by atomic mass is 16.2. The van der Waals surface area contributed by atoms with Crippen LogP contribution in [0.5, 0.6) is 0 Å². The molecule has 0 saturated heterocycles. The SMILES string of the molecule is CCCC(CC)N1C(/N=C(/C)N)=C(C)N(C)C(=O)C1CC. The minimum absolute atomic E-state index is 0.145. The van der Waals surface area contributed by atoms with Gasteiger partial charge < -0.3 is 15.5 Å². The zero-order valence-electron chi connectivity index (χ0n) is 14.3. The van der Waals surface area contributed by atoms with Gasteiger partial charge in [-0.05, 0) is 33.1 Å². The van der Waals surface area contributed by atoms with Crippen LogP contribution in [0.4, 0.5) is 0 Å². The largest absolute Gasteiger partial charge is 0.387 e. The van der Waals surface area contributed by atoms with Crippen LogP contribution in [0.3, 0.4) is 0 Å². The lowest BCUT2D eigenvalue weighted by Crippen LogP contribution is -2.54. The molecule has 0 spiro atoms. The van der Waals surface area contributed by atoms with Gasteiger partial charge in [0.1, 0.15) is 6.04 Å². The van der Waals surface area contributed by atoms with Gasteiger partial charge in [-0.25, -0.2) is 4.99 Å². The third kappa shape index (κ3) is 3.57. The number of nitrogens with zero attached hydrogens (tertiary/aromatic N) is 3. The molecule has 21 heavy (non-hydrogen) atoms. The minimum atomic E-state index is -0.145. The van der Waals surface area contributed by atoms with E-state index in [4.69, 9.17) is 5.73 Å². The third-order valence-electron chi connectivity index (χ3n) is 4.18. The van der Waals surface area contributed by atoms with E-state index in [9.17, 15) is 4.79 Å². The first-order chi connectivity index (χ1) is 9.88. The van der Waals surface area contributed by atoms with Gasteiger partial charge in [0.2, 0.25) is 5.91 Å². The summed E-state index contributed by atoms with van der Waals surface area (Å²) >= 11 is 0. The van der Waals surface area contributed by atoms with Crippen molar-refractivity contribution in [2.24, 2.45) is 10.7 Å². The van der Waals surface area contributed by atoms with E-state index in [1.165, 1.54) is 0 Å². The van der Waals surface area contributed by atoms with E-state index in [-0.39, 0.29) is 11.9 Å². The molecule has 1 rings (SSSR count). The molecule has 1 aliphatic heterocycles. The second kappa shape index (κ2) is 7.48. The summed E-state index contributed by atoms with van der Waals surface area (Å²) in [6.45, 7) is 10.1. The number of hydrogen-bond donors (Lipinski definition) is 1. The van der Waals surface area contributed by atoms with E-state index >= 15 is 0 Å². The number of rotatable bonds is 6. The summed E-state index contributed by atoms with van der Waals surface area (Å²) in [6, 6.07) is 0.180. The Morgan fingerprint density at radius 1 is 1.38 bits per heavy atom. The summed E-state index contributed by atoms with van der Waals surface area (Å²) in [7, 11) is 1.82. The van der Waals surface area contributed by atoms with Crippen LogP contribution in [0.15, 0.2) is 16.5 Å². The lowest BCUT2D eigenvalue weighted by atomic mass is 10.00. The van der Waals surface area contributed by atoms with Crippen molar-refractivity contribution >= 4 is 11.7 Å². The molecule has 1 heterocycles. The van der Waals surface area contributed by atoms with E-state index in [1.807, 2.05) is 14.0 Å². The van der Waals surface area contributed by atoms with E-state index in [1.54, 1.807) is 11.8 Å². The number of hydrogen-bond acceptors (Lipinski definition) is 3. The second-order valence-corrected chi connectivity index (χ2v) is 5.74. The lowest BCUT2D eigenvalue weighted by Gasteiger charge is -2.45. The zero-order chi connectivity index (χ0) is 16.2. The maximum atomic E-state index is 12.6. The van der Waals surface area contributed by atoms with Gasteiger partial charge in [-0.15, -0.1) is 0 Å². The fourth-order valence-electron chi connectivity index (χ4n) is 2.97. The van der Waals surface area contributed by atoms with Crippen molar-refractivity contribution in [2.75, 3.05) is 7.05 Å². The topological polar surface area (TPSA) is 61.9 Å². The van der Waals surface area contributed by atoms with Crippen LogP contribution >= 0.6 is 0 Å². The molecular formula is C16H30N4O. The highest BCUT2D eigenvalue weighted by Gasteiger charge is 2.38. The van der Waals surface area contributed by atoms with Crippen LogP contribution in [-0.4, -0.2) is 40.7 Å². The molecule has 0 saturated carbocycles. The zero-order valence-corrected chi connectivity index (χ0v) is 14.3. The number of aliphatic imine (C=N–C) groups is 1. The first kappa shape index (κ1) is 17.5. The van der Waals surface area contributed by atoms with Crippen molar-refractivity contribution in [1.29, 1.82) is 0 Å². The Morgan fingerprint density at radius 2 is 2.00 bits per heavy atom. The Hall–Kier alpha value is -1.52. The van der Waals surface area contributed by atoms with Gasteiger partial charge >= 0.3 is 0 Å². The molecule has 120 valence electrons. The monoisotopic (exact) mass is 294 g/mol. The number of likely N-dealkylation sites (N-methyl/N-ethyl adjacent to an activating group) is 1. The van der Waals surface area contributed by atoms with Crippen molar-refractivity contribution in [3.63, 3.8) is 0 Å². The van der Waals surface area contributed by atoms with E-state index in [2.05, 4.69) is 30.7 Å². The Labute approximate surface area is 128 Å². The molecule has 1 amide bonds. The van der Waals surface area contributed by atoms with E-state index in [0.717, 1.165) is 37.2 Å². The molecule has 5 nitrogen and oxygen atoms in total. The molecule has 0 aromatic carbocycles. The van der Waals surface area contributed by atoms with Crippen molar-refractivity contribution in [2.45, 2.75) is 72.4 Å². The summed E-state index contributed by atoms with van der Waals surface area (Å²) in [4.78, 5) is 21.1. The van der Waals surface area contributed by atoms with E-state index < -0.39 is 0 Å². The standard InChI is InChI=1S/C16H30N4O/c1-7-10-13(8-2)20-14(9-3)16(21)19(6)11(4)15(20)18-12(5)17/h13-14H,7-10H2,1-6H3,(H2,17,18). The molecule has 2 N–H and O–H groups in total. The quantitative estimate of drug-likeness (QED) is 0.605. The second-order valence-electron chi connectivity index (χ2n) is 5.74. The average molecular weight is 294 g/mol. The molecule has 0 aliphatic carbocycles. The van der Waals surface area contributed by atoms with Crippen molar-refractivity contribution in [3.8, 4) is 0 Å².